The lowest BCUT2D eigenvalue weighted by Crippen LogP contribution is -2.17. The Labute approximate surface area is 181 Å². The third-order valence-electron chi connectivity index (χ3n) is 4.32. The van der Waals surface area contributed by atoms with Gasteiger partial charge in [0.15, 0.2) is 4.80 Å². The summed E-state index contributed by atoms with van der Waals surface area (Å²) in [5, 5.41) is 0.471. The highest BCUT2D eigenvalue weighted by Gasteiger charge is 2.17. The molecule has 1 amide bonds. The fourth-order valence-corrected chi connectivity index (χ4v) is 4.58. The van der Waals surface area contributed by atoms with Crippen molar-refractivity contribution in [2.45, 2.75) is 26.8 Å². The molecule has 0 radical (unpaired) electrons. The lowest BCUT2D eigenvalue weighted by molar-refractivity contribution is 0.0995. The molecule has 0 atom stereocenters. The second-order valence-electron chi connectivity index (χ2n) is 6.02. The standard InChI is InChI=1S/C21H20BrClN2O2S/c1-4-18-19(13-6-8-14(22)9-7-13)25(5-2)21(28-18)24-20(26)16-12-15(23)10-11-17(16)27-3/h6-12H,4-5H2,1-3H3. The molecule has 3 aromatic rings. The number of carbonyl (C=O) groups excluding carboxylic acids is 1. The molecule has 3 rings (SSSR count). The molecule has 0 N–H and O–H groups in total. The minimum atomic E-state index is -0.368. The average Bonchev–Trinajstić information content (AvgIpc) is 3.05. The molecule has 0 aliphatic heterocycles. The summed E-state index contributed by atoms with van der Waals surface area (Å²) in [6, 6.07) is 13.1. The van der Waals surface area contributed by atoms with Crippen molar-refractivity contribution in [2.75, 3.05) is 7.11 Å². The zero-order valence-corrected chi connectivity index (χ0v) is 19.0. The minimum absolute atomic E-state index is 0.356. The second-order valence-corrected chi connectivity index (χ2v) is 8.44. The van der Waals surface area contributed by atoms with Gasteiger partial charge in [0.2, 0.25) is 0 Å². The number of carbonyl (C=O) groups is 1. The van der Waals surface area contributed by atoms with Gasteiger partial charge in [0.05, 0.1) is 18.4 Å². The van der Waals surface area contributed by atoms with Crippen LogP contribution in [0.3, 0.4) is 0 Å². The van der Waals surface area contributed by atoms with Crippen LogP contribution >= 0.6 is 38.9 Å². The summed E-state index contributed by atoms with van der Waals surface area (Å²) < 4.78 is 8.41. The van der Waals surface area contributed by atoms with Gasteiger partial charge in [-0.3, -0.25) is 4.79 Å². The zero-order valence-electron chi connectivity index (χ0n) is 15.8. The maximum Gasteiger partial charge on any atom is 0.283 e. The largest absolute Gasteiger partial charge is 0.496 e. The fraction of sp³-hybridized carbons (Fsp3) is 0.238. The van der Waals surface area contributed by atoms with Crippen LogP contribution in [0.15, 0.2) is 51.9 Å². The number of benzene rings is 2. The van der Waals surface area contributed by atoms with Crippen molar-refractivity contribution in [3.8, 4) is 17.0 Å². The molecule has 0 aliphatic rings. The summed E-state index contributed by atoms with van der Waals surface area (Å²) in [6.45, 7) is 4.87. The van der Waals surface area contributed by atoms with E-state index in [0.29, 0.717) is 27.7 Å². The minimum Gasteiger partial charge on any atom is -0.496 e. The quantitative estimate of drug-likeness (QED) is 0.453. The van der Waals surface area contributed by atoms with Crippen LogP contribution in [-0.4, -0.2) is 17.6 Å². The Morgan fingerprint density at radius 1 is 1.21 bits per heavy atom. The van der Waals surface area contributed by atoms with Crippen LogP contribution in [0, 0.1) is 0 Å². The van der Waals surface area contributed by atoms with Gasteiger partial charge >= 0.3 is 0 Å². The van der Waals surface area contributed by atoms with E-state index in [0.717, 1.165) is 22.2 Å². The predicted octanol–water partition coefficient (Wildman–Crippen LogP) is 5.96. The first kappa shape index (κ1) is 20.8. The topological polar surface area (TPSA) is 43.6 Å². The Bertz CT molecular complexity index is 1070. The number of methoxy groups -OCH3 is 1. The molecule has 0 saturated carbocycles. The third-order valence-corrected chi connectivity index (χ3v) is 6.31. The van der Waals surface area contributed by atoms with E-state index in [2.05, 4.69) is 51.5 Å². The zero-order chi connectivity index (χ0) is 20.3. The Balaban J connectivity index is 2.16. The number of aryl methyl sites for hydroxylation is 1. The van der Waals surface area contributed by atoms with E-state index >= 15 is 0 Å². The molecular weight excluding hydrogens is 460 g/mol. The fourth-order valence-electron chi connectivity index (χ4n) is 2.99. The van der Waals surface area contributed by atoms with Gasteiger partial charge in [0.1, 0.15) is 5.75 Å². The molecular formula is C21H20BrClN2O2S. The van der Waals surface area contributed by atoms with Crippen LogP contribution in [0.25, 0.3) is 11.3 Å². The number of amides is 1. The predicted molar refractivity (Wildman–Crippen MR) is 118 cm³/mol. The molecule has 0 aliphatic carbocycles. The number of aromatic nitrogens is 1. The monoisotopic (exact) mass is 478 g/mol. The number of thiazole rings is 1. The Morgan fingerprint density at radius 2 is 1.93 bits per heavy atom. The molecule has 4 nitrogen and oxygen atoms in total. The van der Waals surface area contributed by atoms with E-state index in [1.807, 2.05) is 12.1 Å². The van der Waals surface area contributed by atoms with Crippen molar-refractivity contribution in [1.29, 1.82) is 0 Å². The van der Waals surface area contributed by atoms with Crippen molar-refractivity contribution in [2.24, 2.45) is 4.99 Å². The van der Waals surface area contributed by atoms with Gasteiger partial charge in [-0.2, -0.15) is 4.99 Å². The van der Waals surface area contributed by atoms with Crippen molar-refractivity contribution in [3.05, 3.63) is 67.2 Å². The summed E-state index contributed by atoms with van der Waals surface area (Å²) in [5.41, 5.74) is 2.56. The molecule has 0 spiro atoms. The van der Waals surface area contributed by atoms with E-state index in [4.69, 9.17) is 16.3 Å². The van der Waals surface area contributed by atoms with Gasteiger partial charge in [-0.25, -0.2) is 0 Å². The summed E-state index contributed by atoms with van der Waals surface area (Å²) in [6.07, 6.45) is 0.861. The molecule has 0 fully saturated rings. The highest BCUT2D eigenvalue weighted by Crippen LogP contribution is 2.28. The highest BCUT2D eigenvalue weighted by molar-refractivity contribution is 9.10. The molecule has 1 aromatic heterocycles. The average molecular weight is 480 g/mol. The normalized spacial score (nSPS) is 11.7. The van der Waals surface area contributed by atoms with Crippen molar-refractivity contribution >= 4 is 44.8 Å². The van der Waals surface area contributed by atoms with E-state index in [1.165, 1.54) is 12.0 Å². The van der Waals surface area contributed by atoms with Gasteiger partial charge in [0, 0.05) is 20.9 Å². The number of halogens is 2. The maximum atomic E-state index is 12.9. The Morgan fingerprint density at radius 3 is 2.54 bits per heavy atom. The first-order valence-corrected chi connectivity index (χ1v) is 10.9. The molecule has 0 bridgehead atoms. The summed E-state index contributed by atoms with van der Waals surface area (Å²) in [5.74, 6) is 0.0920. The highest BCUT2D eigenvalue weighted by atomic mass is 79.9. The summed E-state index contributed by atoms with van der Waals surface area (Å²) in [7, 11) is 1.53. The number of rotatable bonds is 5. The number of hydrogen-bond acceptors (Lipinski definition) is 3. The molecule has 146 valence electrons. The summed E-state index contributed by atoms with van der Waals surface area (Å²) >= 11 is 11.1. The molecule has 7 heteroatoms. The lowest BCUT2D eigenvalue weighted by Gasteiger charge is -2.09. The van der Waals surface area contributed by atoms with Crippen LogP contribution in [0.1, 0.15) is 29.1 Å². The second kappa shape index (κ2) is 9.07. The first-order chi connectivity index (χ1) is 13.5. The lowest BCUT2D eigenvalue weighted by atomic mass is 10.1. The van der Waals surface area contributed by atoms with E-state index in [1.54, 1.807) is 29.5 Å². The molecule has 2 aromatic carbocycles. The van der Waals surface area contributed by atoms with Gasteiger partial charge in [-0.1, -0.05) is 46.6 Å². The van der Waals surface area contributed by atoms with Crippen LogP contribution in [0.5, 0.6) is 5.75 Å². The van der Waals surface area contributed by atoms with Crippen molar-refractivity contribution in [1.82, 2.24) is 4.57 Å². The summed E-state index contributed by atoms with van der Waals surface area (Å²) in [4.78, 5) is 19.2. The first-order valence-electron chi connectivity index (χ1n) is 8.89. The molecule has 0 saturated heterocycles. The third kappa shape index (κ3) is 4.24. The maximum absolute atomic E-state index is 12.9. The molecule has 28 heavy (non-hydrogen) atoms. The van der Waals surface area contributed by atoms with Crippen LogP contribution in [0.2, 0.25) is 5.02 Å². The Hall–Kier alpha value is -1.89. The van der Waals surface area contributed by atoms with Crippen LogP contribution in [0.4, 0.5) is 0 Å². The smallest absolute Gasteiger partial charge is 0.283 e. The number of ether oxygens (including phenoxy) is 1. The van der Waals surface area contributed by atoms with Gasteiger partial charge in [-0.05, 0) is 49.2 Å². The number of nitrogens with zero attached hydrogens (tertiary/aromatic N) is 2. The van der Waals surface area contributed by atoms with Crippen molar-refractivity contribution < 1.29 is 9.53 Å². The van der Waals surface area contributed by atoms with E-state index < -0.39 is 0 Å². The Kier molecular flexibility index (Phi) is 6.75. The van der Waals surface area contributed by atoms with E-state index in [-0.39, 0.29) is 5.91 Å². The van der Waals surface area contributed by atoms with Gasteiger partial charge in [0.25, 0.3) is 5.91 Å². The number of hydrogen-bond donors (Lipinski definition) is 0. The van der Waals surface area contributed by atoms with Gasteiger partial charge < -0.3 is 9.30 Å². The molecule has 0 unspecified atom stereocenters. The van der Waals surface area contributed by atoms with Crippen molar-refractivity contribution in [3.63, 3.8) is 0 Å². The van der Waals surface area contributed by atoms with E-state index in [9.17, 15) is 4.79 Å². The van der Waals surface area contributed by atoms with Crippen LogP contribution in [-0.2, 0) is 13.0 Å². The van der Waals surface area contributed by atoms with Crippen LogP contribution < -0.4 is 9.54 Å². The van der Waals surface area contributed by atoms with Gasteiger partial charge in [-0.15, -0.1) is 11.3 Å². The molecule has 1 heterocycles. The SMILES string of the molecule is CCc1sc(=NC(=O)c2cc(Cl)ccc2OC)n(CC)c1-c1ccc(Br)cc1.